The van der Waals surface area contributed by atoms with Crippen molar-refractivity contribution in [2.45, 2.75) is 26.2 Å². The summed E-state index contributed by atoms with van der Waals surface area (Å²) >= 11 is 0. The number of aliphatic imine (C=N–C) groups is 1. The predicted molar refractivity (Wildman–Crippen MR) is 56.3 cm³/mol. The van der Waals surface area contributed by atoms with Gasteiger partial charge in [0.05, 0.1) is 0 Å². The number of hydrogen-bond donors (Lipinski definition) is 0. The van der Waals surface area contributed by atoms with Crippen molar-refractivity contribution in [2.75, 3.05) is 26.7 Å². The van der Waals surface area contributed by atoms with Gasteiger partial charge in [-0.3, -0.25) is 9.89 Å². The molecule has 74 valence electrons. The maximum Gasteiger partial charge on any atom is 0.0333 e. The molecular weight excluding hydrogens is 160 g/mol. The van der Waals surface area contributed by atoms with E-state index in [0.29, 0.717) is 0 Å². The van der Waals surface area contributed by atoms with Crippen molar-refractivity contribution in [3.05, 3.63) is 0 Å². The van der Waals surface area contributed by atoms with Crippen LogP contribution in [0.25, 0.3) is 0 Å². The number of likely N-dealkylation sites (tertiary alicyclic amines) is 1. The Hall–Kier alpha value is -0.370. The molecule has 2 heteroatoms. The van der Waals surface area contributed by atoms with Crippen LogP contribution in [-0.2, 0) is 0 Å². The van der Waals surface area contributed by atoms with Gasteiger partial charge >= 0.3 is 0 Å². The first-order valence-corrected chi connectivity index (χ1v) is 5.37. The molecule has 2 nitrogen and oxygen atoms in total. The lowest BCUT2D eigenvalue weighted by Crippen LogP contribution is -2.55. The van der Waals surface area contributed by atoms with Crippen molar-refractivity contribution in [3.63, 3.8) is 0 Å². The summed E-state index contributed by atoms with van der Waals surface area (Å²) in [5, 5.41) is 0. The molecule has 1 saturated carbocycles. The highest BCUT2D eigenvalue weighted by Crippen LogP contribution is 2.47. The SMILES string of the molecule is CN=CCN1CC2(CCC(C)C2)C1. The summed E-state index contributed by atoms with van der Waals surface area (Å²) in [4.78, 5) is 6.53. The van der Waals surface area contributed by atoms with Crippen molar-refractivity contribution in [2.24, 2.45) is 16.3 Å². The quantitative estimate of drug-likeness (QED) is 0.592. The highest BCUT2D eigenvalue weighted by Gasteiger charge is 2.46. The molecule has 13 heavy (non-hydrogen) atoms. The van der Waals surface area contributed by atoms with Crippen LogP contribution in [0.3, 0.4) is 0 Å². The molecular formula is C11H20N2. The van der Waals surface area contributed by atoms with Crippen LogP contribution in [0.2, 0.25) is 0 Å². The van der Waals surface area contributed by atoms with Crippen LogP contribution < -0.4 is 0 Å². The molecule has 1 heterocycles. The van der Waals surface area contributed by atoms with Crippen LogP contribution in [0.1, 0.15) is 26.2 Å². The Morgan fingerprint density at radius 2 is 2.31 bits per heavy atom. The molecule has 1 atom stereocenters. The van der Waals surface area contributed by atoms with Gasteiger partial charge in [0.25, 0.3) is 0 Å². The molecule has 1 unspecified atom stereocenters. The third-order valence-corrected chi connectivity index (χ3v) is 3.59. The van der Waals surface area contributed by atoms with Gasteiger partial charge in [0.1, 0.15) is 0 Å². The van der Waals surface area contributed by atoms with E-state index in [-0.39, 0.29) is 0 Å². The van der Waals surface area contributed by atoms with Crippen molar-refractivity contribution >= 4 is 6.21 Å². The van der Waals surface area contributed by atoms with Crippen LogP contribution in [0.5, 0.6) is 0 Å². The summed E-state index contributed by atoms with van der Waals surface area (Å²) < 4.78 is 0. The first-order chi connectivity index (χ1) is 6.24. The van der Waals surface area contributed by atoms with Gasteiger partial charge < -0.3 is 0 Å². The molecule has 0 aromatic rings. The molecule has 2 rings (SSSR count). The van der Waals surface area contributed by atoms with E-state index < -0.39 is 0 Å². The minimum absolute atomic E-state index is 0.723. The maximum atomic E-state index is 4.02. The molecule has 1 saturated heterocycles. The molecule has 0 amide bonds. The van der Waals surface area contributed by atoms with Gasteiger partial charge in [0, 0.05) is 32.9 Å². The highest BCUT2D eigenvalue weighted by atomic mass is 15.2. The molecule has 0 aromatic carbocycles. The third-order valence-electron chi connectivity index (χ3n) is 3.59. The van der Waals surface area contributed by atoms with E-state index in [2.05, 4.69) is 16.8 Å². The summed E-state index contributed by atoms with van der Waals surface area (Å²) in [6.07, 6.45) is 6.40. The summed E-state index contributed by atoms with van der Waals surface area (Å²) in [6.45, 7) is 6.10. The second-order valence-electron chi connectivity index (χ2n) is 4.96. The number of nitrogens with zero attached hydrogens (tertiary/aromatic N) is 2. The van der Waals surface area contributed by atoms with Crippen LogP contribution in [0.15, 0.2) is 4.99 Å². The fraction of sp³-hybridized carbons (Fsp3) is 0.909. The molecule has 0 radical (unpaired) electrons. The van der Waals surface area contributed by atoms with Crippen LogP contribution in [-0.4, -0.2) is 37.8 Å². The van der Waals surface area contributed by atoms with Gasteiger partial charge in [-0.05, 0) is 24.2 Å². The van der Waals surface area contributed by atoms with Crippen molar-refractivity contribution in [1.29, 1.82) is 0 Å². The Balaban J connectivity index is 1.77. The van der Waals surface area contributed by atoms with Crippen molar-refractivity contribution < 1.29 is 0 Å². The van der Waals surface area contributed by atoms with Gasteiger partial charge in [-0.25, -0.2) is 0 Å². The van der Waals surface area contributed by atoms with Gasteiger partial charge in [-0.15, -0.1) is 0 Å². The van der Waals surface area contributed by atoms with E-state index in [0.717, 1.165) is 17.9 Å². The smallest absolute Gasteiger partial charge is 0.0333 e. The van der Waals surface area contributed by atoms with E-state index in [4.69, 9.17) is 0 Å². The first kappa shape index (κ1) is 9.20. The maximum absolute atomic E-state index is 4.02. The summed E-state index contributed by atoms with van der Waals surface area (Å²) in [7, 11) is 1.85. The lowest BCUT2D eigenvalue weighted by molar-refractivity contribution is 0.0172. The Labute approximate surface area is 81.0 Å². The standard InChI is InChI=1S/C11H20N2/c1-10-3-4-11(7-10)8-13(9-11)6-5-12-2/h5,10H,3-4,6-9H2,1-2H3. The molecule has 1 aliphatic heterocycles. The summed E-state index contributed by atoms with van der Waals surface area (Å²) in [6, 6.07) is 0. The highest BCUT2D eigenvalue weighted by molar-refractivity contribution is 5.59. The van der Waals surface area contributed by atoms with Crippen LogP contribution in [0, 0.1) is 11.3 Å². The van der Waals surface area contributed by atoms with E-state index in [1.807, 2.05) is 13.3 Å². The normalized spacial score (nSPS) is 32.9. The molecule has 1 spiro atoms. The second-order valence-corrected chi connectivity index (χ2v) is 4.96. The zero-order valence-corrected chi connectivity index (χ0v) is 8.79. The van der Waals surface area contributed by atoms with Crippen molar-refractivity contribution in [3.8, 4) is 0 Å². The van der Waals surface area contributed by atoms with Gasteiger partial charge in [-0.1, -0.05) is 13.3 Å². The lowest BCUT2D eigenvalue weighted by Gasteiger charge is -2.48. The Kier molecular flexibility index (Phi) is 2.41. The summed E-state index contributed by atoms with van der Waals surface area (Å²) in [5.41, 5.74) is 0.723. The molecule has 0 N–H and O–H groups in total. The molecule has 0 aromatic heterocycles. The Bertz CT molecular complexity index is 204. The number of hydrogen-bond acceptors (Lipinski definition) is 2. The average molecular weight is 180 g/mol. The molecule has 2 aliphatic rings. The van der Waals surface area contributed by atoms with Crippen LogP contribution in [0.4, 0.5) is 0 Å². The summed E-state index contributed by atoms with van der Waals surface area (Å²) in [5.74, 6) is 0.974. The second kappa shape index (κ2) is 3.41. The van der Waals surface area contributed by atoms with Gasteiger partial charge in [0.2, 0.25) is 0 Å². The van der Waals surface area contributed by atoms with Crippen LogP contribution >= 0.6 is 0 Å². The Morgan fingerprint density at radius 3 is 2.85 bits per heavy atom. The minimum Gasteiger partial charge on any atom is -0.300 e. The van der Waals surface area contributed by atoms with Gasteiger partial charge in [0.15, 0.2) is 0 Å². The first-order valence-electron chi connectivity index (χ1n) is 5.37. The lowest BCUT2D eigenvalue weighted by atomic mass is 9.78. The van der Waals surface area contributed by atoms with E-state index >= 15 is 0 Å². The van der Waals surface area contributed by atoms with E-state index in [9.17, 15) is 0 Å². The van der Waals surface area contributed by atoms with Crippen molar-refractivity contribution in [1.82, 2.24) is 4.90 Å². The minimum atomic E-state index is 0.723. The predicted octanol–water partition coefficient (Wildman–Crippen LogP) is 1.81. The fourth-order valence-electron chi connectivity index (χ4n) is 3.01. The fourth-order valence-corrected chi connectivity index (χ4v) is 3.01. The van der Waals surface area contributed by atoms with E-state index in [1.165, 1.54) is 32.4 Å². The van der Waals surface area contributed by atoms with E-state index in [1.54, 1.807) is 0 Å². The Morgan fingerprint density at radius 1 is 1.54 bits per heavy atom. The topological polar surface area (TPSA) is 15.6 Å². The number of rotatable bonds is 2. The zero-order valence-electron chi connectivity index (χ0n) is 8.79. The molecule has 1 aliphatic carbocycles. The third kappa shape index (κ3) is 1.78. The average Bonchev–Trinajstić information content (AvgIpc) is 2.42. The largest absolute Gasteiger partial charge is 0.300 e. The molecule has 0 bridgehead atoms. The zero-order chi connectivity index (χ0) is 9.31. The van der Waals surface area contributed by atoms with Gasteiger partial charge in [-0.2, -0.15) is 0 Å². The molecule has 2 fully saturated rings. The monoisotopic (exact) mass is 180 g/mol.